The van der Waals surface area contributed by atoms with Crippen LogP contribution in [0.25, 0.3) is 0 Å². The van der Waals surface area contributed by atoms with Gasteiger partial charge in [-0.25, -0.2) is 0 Å². The minimum Gasteiger partial charge on any atom is -0.310 e. The molecule has 0 aromatic heterocycles. The summed E-state index contributed by atoms with van der Waals surface area (Å²) in [6.07, 6.45) is 2.13. The Morgan fingerprint density at radius 1 is 1.50 bits per heavy atom. The van der Waals surface area contributed by atoms with Crippen LogP contribution < -0.4 is 5.32 Å². The molecular weight excluding hydrogens is 218 g/mol. The SMILES string of the molecule is CCCNC1CCS(=O)c2c(C)cccc21. The van der Waals surface area contributed by atoms with Gasteiger partial charge in [-0.1, -0.05) is 25.1 Å². The summed E-state index contributed by atoms with van der Waals surface area (Å²) in [7, 11) is -0.793. The first-order valence-electron chi connectivity index (χ1n) is 5.95. The third-order valence-corrected chi connectivity index (χ3v) is 4.70. The fourth-order valence-corrected chi connectivity index (χ4v) is 3.83. The van der Waals surface area contributed by atoms with Crippen molar-refractivity contribution in [2.24, 2.45) is 0 Å². The van der Waals surface area contributed by atoms with Crippen molar-refractivity contribution in [1.82, 2.24) is 5.32 Å². The molecule has 2 unspecified atom stereocenters. The number of hydrogen-bond acceptors (Lipinski definition) is 2. The van der Waals surface area contributed by atoms with E-state index in [1.165, 1.54) is 11.1 Å². The fourth-order valence-electron chi connectivity index (χ4n) is 2.27. The second-order valence-corrected chi connectivity index (χ2v) is 5.85. The molecule has 0 radical (unpaired) electrons. The van der Waals surface area contributed by atoms with Crippen LogP contribution in [0.3, 0.4) is 0 Å². The Kier molecular flexibility index (Phi) is 3.77. The lowest BCUT2D eigenvalue weighted by Gasteiger charge is -2.27. The molecule has 0 spiro atoms. The summed E-state index contributed by atoms with van der Waals surface area (Å²) in [5.41, 5.74) is 2.41. The van der Waals surface area contributed by atoms with Gasteiger partial charge in [-0.05, 0) is 37.4 Å². The van der Waals surface area contributed by atoms with Crippen LogP contribution in [0.1, 0.15) is 36.9 Å². The third kappa shape index (κ3) is 2.20. The molecular formula is C13H19NOS. The summed E-state index contributed by atoms with van der Waals surface area (Å²) in [4.78, 5) is 1.07. The van der Waals surface area contributed by atoms with Crippen LogP contribution in [0, 0.1) is 6.92 Å². The van der Waals surface area contributed by atoms with Crippen LogP contribution in [-0.2, 0) is 10.8 Å². The number of nitrogens with one attached hydrogen (secondary N) is 1. The van der Waals surface area contributed by atoms with Gasteiger partial charge >= 0.3 is 0 Å². The molecule has 1 aliphatic rings. The maximum absolute atomic E-state index is 12.0. The van der Waals surface area contributed by atoms with Crippen molar-refractivity contribution in [2.75, 3.05) is 12.3 Å². The van der Waals surface area contributed by atoms with Crippen LogP contribution in [0.5, 0.6) is 0 Å². The van der Waals surface area contributed by atoms with Crippen LogP contribution in [0.2, 0.25) is 0 Å². The van der Waals surface area contributed by atoms with Crippen molar-refractivity contribution in [3.63, 3.8) is 0 Å². The van der Waals surface area contributed by atoms with Gasteiger partial charge in [-0.2, -0.15) is 0 Å². The van der Waals surface area contributed by atoms with Crippen LogP contribution >= 0.6 is 0 Å². The van der Waals surface area contributed by atoms with E-state index in [1.807, 2.05) is 0 Å². The normalized spacial score (nSPS) is 24.1. The summed E-state index contributed by atoms with van der Waals surface area (Å²) >= 11 is 0. The standard InChI is InChI=1S/C13H19NOS/c1-3-8-14-12-7-9-16(15)13-10(2)5-4-6-11(12)13/h4-6,12,14H,3,7-9H2,1-2H3. The first kappa shape index (κ1) is 11.8. The van der Waals surface area contributed by atoms with Crippen LogP contribution in [0.15, 0.2) is 23.1 Å². The second kappa shape index (κ2) is 5.11. The van der Waals surface area contributed by atoms with E-state index < -0.39 is 10.8 Å². The first-order valence-corrected chi connectivity index (χ1v) is 7.27. The predicted molar refractivity (Wildman–Crippen MR) is 68.1 cm³/mol. The van der Waals surface area contributed by atoms with Gasteiger partial charge < -0.3 is 5.32 Å². The van der Waals surface area contributed by atoms with E-state index in [4.69, 9.17) is 0 Å². The zero-order valence-electron chi connectivity index (χ0n) is 9.95. The highest BCUT2D eigenvalue weighted by Crippen LogP contribution is 2.31. The molecule has 0 saturated heterocycles. The second-order valence-electron chi connectivity index (χ2n) is 4.34. The van der Waals surface area contributed by atoms with Gasteiger partial charge in [0.15, 0.2) is 0 Å². The third-order valence-electron chi connectivity index (χ3n) is 3.08. The first-order chi connectivity index (χ1) is 7.74. The van der Waals surface area contributed by atoms with E-state index in [2.05, 4.69) is 37.4 Å². The van der Waals surface area contributed by atoms with E-state index in [0.717, 1.165) is 30.0 Å². The topological polar surface area (TPSA) is 29.1 Å². The van der Waals surface area contributed by atoms with Crippen molar-refractivity contribution in [3.05, 3.63) is 29.3 Å². The van der Waals surface area contributed by atoms with Gasteiger partial charge in [0.05, 0.1) is 10.8 Å². The molecule has 2 nitrogen and oxygen atoms in total. The molecule has 1 aromatic rings. The van der Waals surface area contributed by atoms with Crippen molar-refractivity contribution in [1.29, 1.82) is 0 Å². The highest BCUT2D eigenvalue weighted by molar-refractivity contribution is 7.85. The number of benzene rings is 1. The molecule has 1 N–H and O–H groups in total. The highest BCUT2D eigenvalue weighted by atomic mass is 32.2. The number of aryl methyl sites for hydroxylation is 1. The monoisotopic (exact) mass is 237 g/mol. The smallest absolute Gasteiger partial charge is 0.0536 e. The number of hydrogen-bond donors (Lipinski definition) is 1. The fraction of sp³-hybridized carbons (Fsp3) is 0.538. The average molecular weight is 237 g/mol. The van der Waals surface area contributed by atoms with Gasteiger partial charge in [-0.15, -0.1) is 0 Å². The molecule has 16 heavy (non-hydrogen) atoms. The Hall–Kier alpha value is -0.670. The summed E-state index contributed by atoms with van der Waals surface area (Å²) in [6.45, 7) is 5.26. The lowest BCUT2D eigenvalue weighted by atomic mass is 10.0. The Labute approximate surface area is 99.9 Å². The van der Waals surface area contributed by atoms with Gasteiger partial charge in [0.25, 0.3) is 0 Å². The maximum Gasteiger partial charge on any atom is 0.0536 e. The Morgan fingerprint density at radius 3 is 3.06 bits per heavy atom. The zero-order chi connectivity index (χ0) is 11.5. The van der Waals surface area contributed by atoms with Crippen LogP contribution in [-0.4, -0.2) is 16.5 Å². The van der Waals surface area contributed by atoms with Crippen LogP contribution in [0.4, 0.5) is 0 Å². The number of fused-ring (bicyclic) bond motifs is 1. The molecule has 88 valence electrons. The molecule has 0 saturated carbocycles. The molecule has 0 aliphatic carbocycles. The Balaban J connectivity index is 2.33. The van der Waals surface area contributed by atoms with Crippen molar-refractivity contribution < 1.29 is 4.21 Å². The van der Waals surface area contributed by atoms with Crippen molar-refractivity contribution in [3.8, 4) is 0 Å². The van der Waals surface area contributed by atoms with Crippen molar-refractivity contribution >= 4 is 10.8 Å². The molecule has 0 fully saturated rings. The molecule has 1 aromatic carbocycles. The van der Waals surface area contributed by atoms with Gasteiger partial charge in [0, 0.05) is 16.7 Å². The summed E-state index contributed by atoms with van der Waals surface area (Å²) in [5, 5.41) is 3.54. The largest absolute Gasteiger partial charge is 0.310 e. The van der Waals surface area contributed by atoms with Gasteiger partial charge in [0.1, 0.15) is 0 Å². The van der Waals surface area contributed by atoms with Crippen molar-refractivity contribution in [2.45, 2.75) is 37.6 Å². The maximum atomic E-state index is 12.0. The van der Waals surface area contributed by atoms with E-state index in [-0.39, 0.29) is 0 Å². The Morgan fingerprint density at radius 2 is 2.31 bits per heavy atom. The minimum atomic E-state index is -0.793. The molecule has 0 amide bonds. The predicted octanol–water partition coefficient (Wildman–Crippen LogP) is 2.55. The zero-order valence-corrected chi connectivity index (χ0v) is 10.8. The molecule has 2 atom stereocenters. The molecule has 2 rings (SSSR count). The van der Waals surface area contributed by atoms with E-state index in [1.54, 1.807) is 0 Å². The summed E-state index contributed by atoms with van der Waals surface area (Å²) < 4.78 is 12.0. The Bertz CT molecular complexity index is 403. The minimum absolute atomic E-state index is 0.396. The number of rotatable bonds is 3. The molecule has 3 heteroatoms. The van der Waals surface area contributed by atoms with E-state index >= 15 is 0 Å². The van der Waals surface area contributed by atoms with E-state index in [9.17, 15) is 4.21 Å². The summed E-state index contributed by atoms with van der Waals surface area (Å²) in [5.74, 6) is 0.791. The molecule has 0 bridgehead atoms. The lowest BCUT2D eigenvalue weighted by molar-refractivity contribution is 0.503. The molecule has 1 heterocycles. The highest BCUT2D eigenvalue weighted by Gasteiger charge is 2.25. The van der Waals surface area contributed by atoms with Gasteiger partial charge in [-0.3, -0.25) is 4.21 Å². The average Bonchev–Trinajstić information content (AvgIpc) is 2.28. The lowest BCUT2D eigenvalue weighted by Crippen LogP contribution is -2.28. The quantitative estimate of drug-likeness (QED) is 0.875. The van der Waals surface area contributed by atoms with E-state index in [0.29, 0.717) is 6.04 Å². The molecule has 1 aliphatic heterocycles. The van der Waals surface area contributed by atoms with Gasteiger partial charge in [0.2, 0.25) is 0 Å². The summed E-state index contributed by atoms with van der Waals surface area (Å²) in [6, 6.07) is 6.63.